The average molecular weight is 652 g/mol. The van der Waals surface area contributed by atoms with Crippen molar-refractivity contribution in [2.24, 2.45) is 23.7 Å². The number of hydrogen-bond acceptors (Lipinski definition) is 5. The summed E-state index contributed by atoms with van der Waals surface area (Å²) in [6, 6.07) is 8.75. The quantitative estimate of drug-likeness (QED) is 0.253. The second kappa shape index (κ2) is 11.9. The number of anilines is 1. The van der Waals surface area contributed by atoms with Crippen molar-refractivity contribution in [1.82, 2.24) is 9.62 Å². The van der Waals surface area contributed by atoms with Crippen LogP contribution in [0.1, 0.15) is 58.4 Å². The fraction of sp³-hybridized carbons (Fsp3) is 0.576. The Kier molecular flexibility index (Phi) is 8.56. The van der Waals surface area contributed by atoms with Gasteiger partial charge in [0.15, 0.2) is 0 Å². The molecule has 44 heavy (non-hydrogen) atoms. The lowest BCUT2D eigenvalue weighted by Crippen LogP contribution is -2.71. The molecule has 3 aliphatic rings. The predicted octanol–water partition coefficient (Wildman–Crippen LogP) is 7.77. The number of halogens is 4. The Hall–Kier alpha value is -2.21. The topological polar surface area (TPSA) is 52.7 Å². The smallest absolute Gasteiger partial charge is 0.368 e. The molecular formula is C33H41F4N3O2S2. The summed E-state index contributed by atoms with van der Waals surface area (Å²) in [5.74, 6) is 0.828. The highest BCUT2D eigenvalue weighted by Crippen LogP contribution is 2.53. The van der Waals surface area contributed by atoms with Crippen LogP contribution in [0.4, 0.5) is 23.2 Å². The van der Waals surface area contributed by atoms with Crippen LogP contribution < -0.4 is 9.62 Å². The minimum Gasteiger partial charge on any atom is -0.368 e. The fourth-order valence-electron chi connectivity index (χ4n) is 8.04. The first kappa shape index (κ1) is 31.8. The molecule has 0 spiro atoms. The van der Waals surface area contributed by atoms with E-state index in [2.05, 4.69) is 35.3 Å². The lowest BCUT2D eigenvalue weighted by molar-refractivity contribution is -0.137. The molecule has 6 rings (SSSR count). The van der Waals surface area contributed by atoms with Gasteiger partial charge in [-0.2, -0.15) is 13.2 Å². The van der Waals surface area contributed by atoms with E-state index in [-0.39, 0.29) is 28.3 Å². The molecule has 3 fully saturated rings. The average Bonchev–Trinajstić information content (AvgIpc) is 3.73. The Morgan fingerprint density at radius 1 is 0.977 bits per heavy atom. The monoisotopic (exact) mass is 651 g/mol. The molecule has 1 aromatic heterocycles. The van der Waals surface area contributed by atoms with Crippen molar-refractivity contribution < 1.29 is 26.0 Å². The summed E-state index contributed by atoms with van der Waals surface area (Å²) in [6.07, 6.45) is 0.588. The van der Waals surface area contributed by atoms with Crippen molar-refractivity contribution >= 4 is 37.1 Å². The second-order valence-corrected chi connectivity index (χ2v) is 16.0. The Morgan fingerprint density at radius 2 is 1.66 bits per heavy atom. The standard InChI is InChI=1S/C33H41F4N3O2S2/c1-21(2)28-13-4-22(3)19-32(28,31(23-5-6-23)38-44(41,42)26-10-8-25(34)9-11-26)40-16-14-39(15-17-40)29-20-43-30-18-24(33(35,36)37)7-12-27(29)30/h7-12,18,20-23,28,31,38H,4-6,13-17,19H2,1-3H3/t22?,28?,31-,32?/m1/s1. The molecule has 0 amide bonds. The third-order valence-corrected chi connectivity index (χ3v) is 12.6. The first-order valence-electron chi connectivity index (χ1n) is 15.7. The van der Waals surface area contributed by atoms with Gasteiger partial charge in [0.25, 0.3) is 0 Å². The summed E-state index contributed by atoms with van der Waals surface area (Å²) in [7, 11) is -3.89. The van der Waals surface area contributed by atoms with Gasteiger partial charge >= 0.3 is 6.18 Å². The number of nitrogens with one attached hydrogen (secondary N) is 1. The van der Waals surface area contributed by atoms with Gasteiger partial charge in [0.1, 0.15) is 5.82 Å². The van der Waals surface area contributed by atoms with Gasteiger partial charge in [-0.3, -0.25) is 4.90 Å². The molecule has 2 heterocycles. The van der Waals surface area contributed by atoms with Crippen LogP contribution in [0.25, 0.3) is 10.1 Å². The summed E-state index contributed by atoms with van der Waals surface area (Å²) in [4.78, 5) is 4.89. The van der Waals surface area contributed by atoms with Crippen LogP contribution >= 0.6 is 11.3 Å². The number of piperazine rings is 1. The molecule has 2 aliphatic carbocycles. The number of alkyl halides is 3. The van der Waals surface area contributed by atoms with Crippen LogP contribution in [0.3, 0.4) is 0 Å². The van der Waals surface area contributed by atoms with Crippen LogP contribution in [-0.4, -0.2) is 51.1 Å². The number of fused-ring (bicyclic) bond motifs is 1. The zero-order valence-corrected chi connectivity index (χ0v) is 27.0. The van der Waals surface area contributed by atoms with E-state index in [1.165, 1.54) is 41.7 Å². The minimum absolute atomic E-state index is 0.0764. The van der Waals surface area contributed by atoms with E-state index < -0.39 is 27.6 Å². The van der Waals surface area contributed by atoms with Crippen molar-refractivity contribution in [1.29, 1.82) is 0 Å². The predicted molar refractivity (Wildman–Crippen MR) is 168 cm³/mol. The molecule has 0 radical (unpaired) electrons. The summed E-state index contributed by atoms with van der Waals surface area (Å²) in [5, 5.41) is 2.79. The Morgan fingerprint density at radius 3 is 2.27 bits per heavy atom. The van der Waals surface area contributed by atoms with E-state index in [0.717, 1.165) is 62.3 Å². The maximum Gasteiger partial charge on any atom is 0.416 e. The highest BCUT2D eigenvalue weighted by atomic mass is 32.2. The van der Waals surface area contributed by atoms with Crippen LogP contribution in [0, 0.1) is 29.5 Å². The van der Waals surface area contributed by atoms with Gasteiger partial charge in [0, 0.05) is 53.2 Å². The molecule has 2 saturated carbocycles. The Labute approximate surface area is 261 Å². The molecule has 4 atom stereocenters. The molecule has 3 aromatic rings. The van der Waals surface area contributed by atoms with Crippen LogP contribution in [0.15, 0.2) is 52.7 Å². The molecular weight excluding hydrogens is 611 g/mol. The van der Waals surface area contributed by atoms with Crippen molar-refractivity contribution in [2.75, 3.05) is 31.1 Å². The lowest BCUT2D eigenvalue weighted by atomic mass is 9.60. The Balaban J connectivity index is 1.32. The van der Waals surface area contributed by atoms with Gasteiger partial charge < -0.3 is 4.90 Å². The summed E-state index contributed by atoms with van der Waals surface area (Å²) in [6.45, 7) is 9.64. The lowest BCUT2D eigenvalue weighted by Gasteiger charge is -2.60. The number of sulfonamides is 1. The summed E-state index contributed by atoms with van der Waals surface area (Å²) < 4.78 is 85.0. The number of benzene rings is 2. The van der Waals surface area contributed by atoms with E-state index in [9.17, 15) is 26.0 Å². The first-order valence-corrected chi connectivity index (χ1v) is 18.0. The number of thiophene rings is 1. The normalized spacial score (nSPS) is 26.4. The largest absolute Gasteiger partial charge is 0.416 e. The van der Waals surface area contributed by atoms with Crippen LogP contribution in [0.2, 0.25) is 0 Å². The van der Waals surface area contributed by atoms with Gasteiger partial charge in [-0.15, -0.1) is 11.3 Å². The van der Waals surface area contributed by atoms with Gasteiger partial charge in [-0.05, 0) is 85.8 Å². The molecule has 5 nitrogen and oxygen atoms in total. The van der Waals surface area contributed by atoms with E-state index in [4.69, 9.17) is 0 Å². The second-order valence-electron chi connectivity index (χ2n) is 13.4. The minimum atomic E-state index is -4.38. The molecule has 0 bridgehead atoms. The molecule has 240 valence electrons. The van der Waals surface area contributed by atoms with E-state index in [0.29, 0.717) is 29.6 Å². The van der Waals surface area contributed by atoms with Crippen molar-refractivity contribution in [2.45, 2.75) is 75.5 Å². The van der Waals surface area contributed by atoms with Gasteiger partial charge in [0.2, 0.25) is 10.0 Å². The van der Waals surface area contributed by atoms with Crippen LogP contribution in [0.5, 0.6) is 0 Å². The van der Waals surface area contributed by atoms with Gasteiger partial charge in [-0.25, -0.2) is 17.5 Å². The SMILES string of the molecule is CC1CCC(C(C)C)C([C@H](NS(=O)(=O)c2ccc(F)cc2)C2CC2)(N2CCN(c3csc4cc(C(F)(F)F)ccc34)CC2)C1. The molecule has 11 heteroatoms. The van der Waals surface area contributed by atoms with Gasteiger partial charge in [0.05, 0.1) is 16.1 Å². The molecule has 2 aromatic carbocycles. The zero-order valence-electron chi connectivity index (χ0n) is 25.4. The number of nitrogens with zero attached hydrogens (tertiary/aromatic N) is 2. The third kappa shape index (κ3) is 6.01. The number of rotatable bonds is 8. The summed E-state index contributed by atoms with van der Waals surface area (Å²) in [5.41, 5.74) is -0.0593. The fourth-order valence-corrected chi connectivity index (χ4v) is 10.4. The van der Waals surface area contributed by atoms with Crippen molar-refractivity contribution in [3.63, 3.8) is 0 Å². The third-order valence-electron chi connectivity index (χ3n) is 10.2. The molecule has 1 saturated heterocycles. The van der Waals surface area contributed by atoms with Crippen molar-refractivity contribution in [3.8, 4) is 0 Å². The van der Waals surface area contributed by atoms with Crippen LogP contribution in [-0.2, 0) is 16.2 Å². The number of hydrogen-bond donors (Lipinski definition) is 1. The molecule has 1 aliphatic heterocycles. The highest BCUT2D eigenvalue weighted by Gasteiger charge is 2.58. The molecule has 1 N–H and O–H groups in total. The highest BCUT2D eigenvalue weighted by molar-refractivity contribution is 7.89. The summed E-state index contributed by atoms with van der Waals surface area (Å²) >= 11 is 1.34. The molecule has 3 unspecified atom stereocenters. The van der Waals surface area contributed by atoms with Crippen molar-refractivity contribution in [3.05, 3.63) is 59.2 Å². The maximum absolute atomic E-state index is 13.8. The zero-order chi connectivity index (χ0) is 31.4. The van der Waals surface area contributed by atoms with Gasteiger partial charge in [-0.1, -0.05) is 33.3 Å². The van der Waals surface area contributed by atoms with E-state index in [1.807, 2.05) is 5.38 Å². The maximum atomic E-state index is 13.8. The van der Waals surface area contributed by atoms with E-state index >= 15 is 0 Å². The first-order chi connectivity index (χ1) is 20.8. The van der Waals surface area contributed by atoms with E-state index in [1.54, 1.807) is 6.07 Å². The Bertz CT molecular complexity index is 1580.